The summed E-state index contributed by atoms with van der Waals surface area (Å²) in [6.07, 6.45) is 4.38. The van der Waals surface area contributed by atoms with Gasteiger partial charge in [-0.25, -0.2) is 0 Å². The number of rotatable bonds is 3. The first-order valence-electron chi connectivity index (χ1n) is 7.58. The molecule has 0 bridgehead atoms. The van der Waals surface area contributed by atoms with Gasteiger partial charge in [-0.1, -0.05) is 17.7 Å². The van der Waals surface area contributed by atoms with Crippen LogP contribution in [0.2, 0.25) is 5.02 Å². The molecule has 2 saturated heterocycles. The molecule has 2 aliphatic rings. The van der Waals surface area contributed by atoms with Gasteiger partial charge in [-0.15, -0.1) is 0 Å². The summed E-state index contributed by atoms with van der Waals surface area (Å²) >= 11 is 8.31. The van der Waals surface area contributed by atoms with E-state index in [4.69, 9.17) is 26.8 Å². The van der Waals surface area contributed by atoms with E-state index in [-0.39, 0.29) is 11.7 Å². The molecule has 1 atom stereocenters. The van der Waals surface area contributed by atoms with Gasteiger partial charge in [-0.2, -0.15) is 11.8 Å². The number of hydrogen-bond acceptors (Lipinski definition) is 4. The second-order valence-electron chi connectivity index (χ2n) is 5.85. The standard InChI is InChI=1S/C16H22ClNO2S/c17-14-9-12(11-18)1-2-15(14)20-13-3-6-19-16(10-13)4-7-21-8-5-16/h1-2,9,13H,3-8,10-11,18H2. The Morgan fingerprint density at radius 3 is 2.90 bits per heavy atom. The molecule has 116 valence electrons. The van der Waals surface area contributed by atoms with Crippen LogP contribution >= 0.6 is 23.4 Å². The fourth-order valence-electron chi connectivity index (χ4n) is 3.12. The van der Waals surface area contributed by atoms with Gasteiger partial charge in [0.15, 0.2) is 0 Å². The molecule has 1 spiro atoms. The molecule has 2 N–H and O–H groups in total. The molecule has 1 unspecified atom stereocenters. The maximum absolute atomic E-state index is 6.29. The lowest BCUT2D eigenvalue weighted by atomic mass is 9.86. The smallest absolute Gasteiger partial charge is 0.138 e. The predicted molar refractivity (Wildman–Crippen MR) is 88.2 cm³/mol. The number of hydrogen-bond donors (Lipinski definition) is 1. The van der Waals surface area contributed by atoms with Crippen molar-refractivity contribution in [3.63, 3.8) is 0 Å². The van der Waals surface area contributed by atoms with E-state index in [0.717, 1.165) is 43.6 Å². The van der Waals surface area contributed by atoms with Gasteiger partial charge in [0.1, 0.15) is 11.9 Å². The van der Waals surface area contributed by atoms with Crippen molar-refractivity contribution in [3.05, 3.63) is 28.8 Å². The third-order valence-electron chi connectivity index (χ3n) is 4.38. The summed E-state index contributed by atoms with van der Waals surface area (Å²) in [6.45, 7) is 1.28. The van der Waals surface area contributed by atoms with Crippen molar-refractivity contribution < 1.29 is 9.47 Å². The third-order valence-corrected chi connectivity index (χ3v) is 5.66. The Kier molecular flexibility index (Phi) is 4.99. The maximum atomic E-state index is 6.29. The highest BCUT2D eigenvalue weighted by molar-refractivity contribution is 7.99. The lowest BCUT2D eigenvalue weighted by molar-refractivity contribution is -0.116. The Bertz CT molecular complexity index is 486. The van der Waals surface area contributed by atoms with E-state index in [1.54, 1.807) is 0 Å². The van der Waals surface area contributed by atoms with Crippen LogP contribution in [0.1, 0.15) is 31.2 Å². The third kappa shape index (κ3) is 3.67. The lowest BCUT2D eigenvalue weighted by Crippen LogP contribution is -2.46. The Morgan fingerprint density at radius 2 is 2.19 bits per heavy atom. The highest BCUT2D eigenvalue weighted by Gasteiger charge is 2.39. The first-order valence-corrected chi connectivity index (χ1v) is 9.11. The first kappa shape index (κ1) is 15.5. The molecule has 0 radical (unpaired) electrons. The topological polar surface area (TPSA) is 44.5 Å². The molecule has 0 aromatic heterocycles. The van der Waals surface area contributed by atoms with Crippen LogP contribution in [-0.4, -0.2) is 29.8 Å². The van der Waals surface area contributed by atoms with Crippen LogP contribution in [-0.2, 0) is 11.3 Å². The van der Waals surface area contributed by atoms with Crippen LogP contribution in [0.3, 0.4) is 0 Å². The van der Waals surface area contributed by atoms with E-state index in [1.165, 1.54) is 11.5 Å². The average molecular weight is 328 g/mol. The van der Waals surface area contributed by atoms with Crippen LogP contribution in [0.4, 0.5) is 0 Å². The quantitative estimate of drug-likeness (QED) is 0.921. The molecular weight excluding hydrogens is 306 g/mol. The Hall–Kier alpha value is -0.420. The summed E-state index contributed by atoms with van der Waals surface area (Å²) in [5, 5.41) is 0.651. The number of benzene rings is 1. The van der Waals surface area contributed by atoms with Gasteiger partial charge in [0.25, 0.3) is 0 Å². The molecule has 1 aromatic rings. The highest BCUT2D eigenvalue weighted by Crippen LogP contribution is 2.39. The number of ether oxygens (including phenoxy) is 2. The van der Waals surface area contributed by atoms with E-state index < -0.39 is 0 Å². The first-order chi connectivity index (χ1) is 10.2. The summed E-state index contributed by atoms with van der Waals surface area (Å²) < 4.78 is 12.3. The molecule has 21 heavy (non-hydrogen) atoms. The van der Waals surface area contributed by atoms with Gasteiger partial charge in [-0.3, -0.25) is 0 Å². The van der Waals surface area contributed by atoms with E-state index in [0.29, 0.717) is 11.6 Å². The minimum Gasteiger partial charge on any atom is -0.489 e. The van der Waals surface area contributed by atoms with Gasteiger partial charge in [0.2, 0.25) is 0 Å². The van der Waals surface area contributed by atoms with E-state index >= 15 is 0 Å². The SMILES string of the molecule is NCc1ccc(OC2CCOC3(CCSCC3)C2)c(Cl)c1. The highest BCUT2D eigenvalue weighted by atomic mass is 35.5. The second kappa shape index (κ2) is 6.78. The number of halogens is 1. The van der Waals surface area contributed by atoms with Crippen molar-refractivity contribution in [2.24, 2.45) is 5.73 Å². The van der Waals surface area contributed by atoms with Gasteiger partial charge < -0.3 is 15.2 Å². The van der Waals surface area contributed by atoms with Gasteiger partial charge in [0.05, 0.1) is 17.2 Å². The van der Waals surface area contributed by atoms with E-state index in [1.807, 2.05) is 30.0 Å². The maximum Gasteiger partial charge on any atom is 0.138 e. The average Bonchev–Trinajstić information content (AvgIpc) is 2.50. The Balaban J connectivity index is 1.67. The van der Waals surface area contributed by atoms with Crippen LogP contribution in [0.5, 0.6) is 5.75 Å². The molecule has 5 heteroatoms. The van der Waals surface area contributed by atoms with Crippen LogP contribution in [0.15, 0.2) is 18.2 Å². The fourth-order valence-corrected chi connectivity index (χ4v) is 4.61. The molecule has 0 amide bonds. The van der Waals surface area contributed by atoms with E-state index in [2.05, 4.69) is 0 Å². The fraction of sp³-hybridized carbons (Fsp3) is 0.625. The molecule has 0 aliphatic carbocycles. The van der Waals surface area contributed by atoms with Gasteiger partial charge in [0, 0.05) is 19.4 Å². The molecule has 2 heterocycles. The summed E-state index contributed by atoms with van der Waals surface area (Å²) in [7, 11) is 0. The van der Waals surface area contributed by atoms with E-state index in [9.17, 15) is 0 Å². The zero-order chi connectivity index (χ0) is 14.7. The summed E-state index contributed by atoms with van der Waals surface area (Å²) in [5.41, 5.74) is 6.70. The van der Waals surface area contributed by atoms with Crippen molar-refractivity contribution in [3.8, 4) is 5.75 Å². The lowest BCUT2D eigenvalue weighted by Gasteiger charge is -2.43. The summed E-state index contributed by atoms with van der Waals surface area (Å²) in [6, 6.07) is 5.81. The Labute approximate surface area is 135 Å². The molecule has 3 nitrogen and oxygen atoms in total. The van der Waals surface area contributed by atoms with Gasteiger partial charge in [-0.05, 0) is 42.0 Å². The monoisotopic (exact) mass is 327 g/mol. The number of nitrogens with two attached hydrogens (primary N) is 1. The molecule has 3 rings (SSSR count). The van der Waals surface area contributed by atoms with Crippen molar-refractivity contribution in [1.82, 2.24) is 0 Å². The van der Waals surface area contributed by atoms with Crippen molar-refractivity contribution in [2.75, 3.05) is 18.1 Å². The van der Waals surface area contributed by atoms with Crippen LogP contribution in [0.25, 0.3) is 0 Å². The summed E-state index contributed by atoms with van der Waals surface area (Å²) in [5.74, 6) is 3.15. The molecule has 2 aliphatic heterocycles. The molecule has 2 fully saturated rings. The normalized spacial score (nSPS) is 25.0. The largest absolute Gasteiger partial charge is 0.489 e. The van der Waals surface area contributed by atoms with Crippen molar-refractivity contribution in [2.45, 2.75) is 43.9 Å². The second-order valence-corrected chi connectivity index (χ2v) is 7.48. The van der Waals surface area contributed by atoms with Crippen molar-refractivity contribution in [1.29, 1.82) is 0 Å². The minimum absolute atomic E-state index is 0.0395. The van der Waals surface area contributed by atoms with Crippen molar-refractivity contribution >= 4 is 23.4 Å². The Morgan fingerprint density at radius 1 is 1.38 bits per heavy atom. The number of thioether (sulfide) groups is 1. The molecule has 0 saturated carbocycles. The van der Waals surface area contributed by atoms with Crippen LogP contribution < -0.4 is 10.5 Å². The predicted octanol–water partition coefficient (Wildman–Crippen LogP) is 3.62. The zero-order valence-corrected chi connectivity index (χ0v) is 13.7. The zero-order valence-electron chi connectivity index (χ0n) is 12.1. The minimum atomic E-state index is 0.0395. The molecule has 1 aromatic carbocycles. The van der Waals surface area contributed by atoms with Gasteiger partial charge >= 0.3 is 0 Å². The summed E-state index contributed by atoms with van der Waals surface area (Å²) in [4.78, 5) is 0. The molecular formula is C16H22ClNO2S. The van der Waals surface area contributed by atoms with Crippen LogP contribution in [0, 0.1) is 0 Å².